The van der Waals surface area contributed by atoms with Crippen LogP contribution in [0, 0.1) is 0 Å². The highest BCUT2D eigenvalue weighted by atomic mass is 32.2. The molecular weight excluding hydrogens is 290 g/mol. The molecule has 3 heterocycles. The van der Waals surface area contributed by atoms with E-state index in [1.165, 1.54) is 35.1 Å². The van der Waals surface area contributed by atoms with Gasteiger partial charge in [-0.25, -0.2) is 9.97 Å². The summed E-state index contributed by atoms with van der Waals surface area (Å²) in [7, 11) is 1.95. The van der Waals surface area contributed by atoms with E-state index in [2.05, 4.69) is 5.32 Å². The lowest BCUT2D eigenvalue weighted by Gasteiger charge is -2.21. The zero-order valence-corrected chi connectivity index (χ0v) is 13.1. The van der Waals surface area contributed by atoms with Crippen molar-refractivity contribution in [3.05, 3.63) is 16.3 Å². The van der Waals surface area contributed by atoms with Crippen LogP contribution in [0.25, 0.3) is 10.2 Å². The Hall–Kier alpha value is -0.850. The van der Waals surface area contributed by atoms with Crippen molar-refractivity contribution in [2.75, 3.05) is 30.5 Å². The van der Waals surface area contributed by atoms with E-state index in [1.54, 1.807) is 0 Å². The Morgan fingerprint density at radius 3 is 3.05 bits per heavy atom. The van der Waals surface area contributed by atoms with Crippen molar-refractivity contribution in [2.24, 2.45) is 0 Å². The van der Waals surface area contributed by atoms with Crippen LogP contribution in [0.15, 0.2) is 0 Å². The lowest BCUT2D eigenvalue weighted by molar-refractivity contribution is 0.0698. The molecule has 1 unspecified atom stereocenters. The SMILES string of the molecule is CNc1nc(C2CSCCO2)nc2sc3c(c12)CCC3. The Bertz CT molecular complexity index is 649. The van der Waals surface area contributed by atoms with Gasteiger partial charge in [0.2, 0.25) is 0 Å². The Balaban J connectivity index is 1.84. The summed E-state index contributed by atoms with van der Waals surface area (Å²) in [5.41, 5.74) is 1.47. The number of anilines is 1. The highest BCUT2D eigenvalue weighted by Crippen LogP contribution is 2.40. The van der Waals surface area contributed by atoms with Crippen LogP contribution in [-0.4, -0.2) is 35.1 Å². The molecule has 1 aliphatic carbocycles. The molecule has 1 atom stereocenters. The molecule has 1 N–H and O–H groups in total. The van der Waals surface area contributed by atoms with Crippen molar-refractivity contribution in [1.29, 1.82) is 0 Å². The number of nitrogens with one attached hydrogen (secondary N) is 1. The maximum absolute atomic E-state index is 5.82. The summed E-state index contributed by atoms with van der Waals surface area (Å²) in [6.45, 7) is 0.798. The van der Waals surface area contributed by atoms with E-state index < -0.39 is 0 Å². The van der Waals surface area contributed by atoms with Crippen LogP contribution in [0.2, 0.25) is 0 Å². The third-order valence-corrected chi connectivity index (χ3v) is 6.10. The number of ether oxygens (including phenoxy) is 1. The number of rotatable bonds is 2. The molecule has 4 nitrogen and oxygen atoms in total. The molecule has 1 fully saturated rings. The molecule has 2 aromatic heterocycles. The lowest BCUT2D eigenvalue weighted by Crippen LogP contribution is -2.18. The fourth-order valence-electron chi connectivity index (χ4n) is 2.97. The van der Waals surface area contributed by atoms with Gasteiger partial charge in [-0.15, -0.1) is 11.3 Å². The monoisotopic (exact) mass is 307 g/mol. The van der Waals surface area contributed by atoms with E-state index in [4.69, 9.17) is 14.7 Å². The molecular formula is C14H17N3OS2. The fraction of sp³-hybridized carbons (Fsp3) is 0.571. The Labute approximate surface area is 126 Å². The van der Waals surface area contributed by atoms with E-state index >= 15 is 0 Å². The molecule has 1 saturated heterocycles. The van der Waals surface area contributed by atoms with Crippen LogP contribution in [-0.2, 0) is 17.6 Å². The number of hydrogen-bond donors (Lipinski definition) is 1. The topological polar surface area (TPSA) is 47.0 Å². The second-order valence-electron chi connectivity index (χ2n) is 5.15. The van der Waals surface area contributed by atoms with E-state index in [1.807, 2.05) is 30.1 Å². The van der Waals surface area contributed by atoms with E-state index in [0.29, 0.717) is 0 Å². The number of thioether (sulfide) groups is 1. The van der Waals surface area contributed by atoms with Gasteiger partial charge in [0, 0.05) is 23.4 Å². The zero-order chi connectivity index (χ0) is 13.5. The molecule has 0 saturated carbocycles. The van der Waals surface area contributed by atoms with Gasteiger partial charge in [-0.3, -0.25) is 0 Å². The standard InChI is InChI=1S/C14H17N3OS2/c1-15-13-11-8-3-2-4-10(8)20-14(11)17-12(16-13)9-7-19-6-5-18-9/h9H,2-7H2,1H3,(H,15,16,17). The summed E-state index contributed by atoms with van der Waals surface area (Å²) in [4.78, 5) is 12.2. The number of aryl methyl sites for hydroxylation is 2. The van der Waals surface area contributed by atoms with Crippen molar-refractivity contribution < 1.29 is 4.74 Å². The van der Waals surface area contributed by atoms with Crippen molar-refractivity contribution in [3.8, 4) is 0 Å². The molecule has 20 heavy (non-hydrogen) atoms. The maximum atomic E-state index is 5.82. The summed E-state index contributed by atoms with van der Waals surface area (Å²) in [6, 6.07) is 0. The second kappa shape index (κ2) is 5.16. The van der Waals surface area contributed by atoms with Crippen LogP contribution in [0.5, 0.6) is 0 Å². The minimum atomic E-state index is 0.0437. The first-order valence-corrected chi connectivity index (χ1v) is 9.03. The van der Waals surface area contributed by atoms with Gasteiger partial charge in [0.15, 0.2) is 5.82 Å². The first-order chi connectivity index (χ1) is 9.86. The molecule has 2 aromatic rings. The maximum Gasteiger partial charge on any atom is 0.162 e. The molecule has 0 bridgehead atoms. The smallest absolute Gasteiger partial charge is 0.162 e. The van der Waals surface area contributed by atoms with Crippen LogP contribution in [0.3, 0.4) is 0 Å². The molecule has 0 spiro atoms. The van der Waals surface area contributed by atoms with Crippen molar-refractivity contribution in [3.63, 3.8) is 0 Å². The summed E-state index contributed by atoms with van der Waals surface area (Å²) < 4.78 is 5.82. The van der Waals surface area contributed by atoms with Gasteiger partial charge in [0.25, 0.3) is 0 Å². The summed E-state index contributed by atoms with van der Waals surface area (Å²) >= 11 is 3.76. The van der Waals surface area contributed by atoms with Crippen LogP contribution in [0.1, 0.15) is 28.8 Å². The number of fused-ring (bicyclic) bond motifs is 3. The van der Waals surface area contributed by atoms with Gasteiger partial charge >= 0.3 is 0 Å². The van der Waals surface area contributed by atoms with E-state index in [-0.39, 0.29) is 6.10 Å². The summed E-state index contributed by atoms with van der Waals surface area (Å²) in [5.74, 6) is 3.85. The minimum Gasteiger partial charge on any atom is -0.372 e. The molecule has 1 aliphatic heterocycles. The average Bonchev–Trinajstić information content (AvgIpc) is 3.07. The largest absolute Gasteiger partial charge is 0.372 e. The summed E-state index contributed by atoms with van der Waals surface area (Å²) in [6.07, 6.45) is 3.68. The highest BCUT2D eigenvalue weighted by Gasteiger charge is 2.25. The predicted octanol–water partition coefficient (Wildman–Crippen LogP) is 3.03. The van der Waals surface area contributed by atoms with E-state index in [9.17, 15) is 0 Å². The van der Waals surface area contributed by atoms with Gasteiger partial charge < -0.3 is 10.1 Å². The lowest BCUT2D eigenvalue weighted by atomic mass is 10.2. The molecule has 0 amide bonds. The Morgan fingerprint density at radius 1 is 1.30 bits per heavy atom. The first-order valence-electron chi connectivity index (χ1n) is 7.06. The summed E-state index contributed by atoms with van der Waals surface area (Å²) in [5, 5.41) is 4.51. The normalized spacial score (nSPS) is 22.1. The Kier molecular flexibility index (Phi) is 3.32. The molecule has 0 radical (unpaired) electrons. The van der Waals surface area contributed by atoms with Gasteiger partial charge in [-0.2, -0.15) is 11.8 Å². The number of aromatic nitrogens is 2. The van der Waals surface area contributed by atoms with Crippen LogP contribution >= 0.6 is 23.1 Å². The Morgan fingerprint density at radius 2 is 2.25 bits per heavy atom. The molecule has 106 valence electrons. The third kappa shape index (κ3) is 2.01. The van der Waals surface area contributed by atoms with Gasteiger partial charge in [0.05, 0.1) is 12.0 Å². The molecule has 4 rings (SSSR count). The zero-order valence-electron chi connectivity index (χ0n) is 11.4. The predicted molar refractivity (Wildman–Crippen MR) is 85.0 cm³/mol. The molecule has 2 aliphatic rings. The fourth-order valence-corrected chi connectivity index (χ4v) is 5.08. The van der Waals surface area contributed by atoms with Gasteiger partial charge in [-0.05, 0) is 24.8 Å². The third-order valence-electron chi connectivity index (χ3n) is 3.92. The average molecular weight is 307 g/mol. The van der Waals surface area contributed by atoms with Crippen molar-refractivity contribution in [1.82, 2.24) is 9.97 Å². The van der Waals surface area contributed by atoms with Crippen LogP contribution in [0.4, 0.5) is 5.82 Å². The van der Waals surface area contributed by atoms with Gasteiger partial charge in [0.1, 0.15) is 16.8 Å². The number of thiophene rings is 1. The number of hydrogen-bond acceptors (Lipinski definition) is 6. The van der Waals surface area contributed by atoms with Crippen LogP contribution < -0.4 is 5.32 Å². The first kappa shape index (κ1) is 12.9. The highest BCUT2D eigenvalue weighted by molar-refractivity contribution is 7.99. The van der Waals surface area contributed by atoms with Crippen molar-refractivity contribution >= 4 is 39.1 Å². The minimum absolute atomic E-state index is 0.0437. The van der Waals surface area contributed by atoms with Gasteiger partial charge in [-0.1, -0.05) is 0 Å². The molecule has 0 aromatic carbocycles. The second-order valence-corrected chi connectivity index (χ2v) is 7.39. The van der Waals surface area contributed by atoms with Crippen molar-refractivity contribution in [2.45, 2.75) is 25.4 Å². The number of nitrogens with zero attached hydrogens (tertiary/aromatic N) is 2. The molecule has 6 heteroatoms. The quantitative estimate of drug-likeness (QED) is 0.924. The van der Waals surface area contributed by atoms with E-state index in [0.717, 1.165) is 34.6 Å².